The van der Waals surface area contributed by atoms with E-state index in [1.165, 1.54) is 36.6 Å². The number of nitrogens with one attached hydrogen (secondary N) is 1. The van der Waals surface area contributed by atoms with Crippen LogP contribution < -0.4 is 9.62 Å². The zero-order valence-corrected chi connectivity index (χ0v) is 19.6. The Morgan fingerprint density at radius 2 is 2.09 bits per heavy atom. The van der Waals surface area contributed by atoms with E-state index in [9.17, 15) is 27.2 Å². The van der Waals surface area contributed by atoms with Gasteiger partial charge < -0.3 is 14.9 Å². The van der Waals surface area contributed by atoms with E-state index in [4.69, 9.17) is 16.7 Å². The van der Waals surface area contributed by atoms with Crippen molar-refractivity contribution < 1.29 is 32.3 Å². The normalized spacial score (nSPS) is 16.5. The van der Waals surface area contributed by atoms with Crippen LogP contribution in [-0.4, -0.2) is 62.4 Å². The molecule has 0 aliphatic carbocycles. The van der Waals surface area contributed by atoms with E-state index in [1.807, 2.05) is 0 Å². The molecular weight excluding hydrogens is 497 g/mol. The Morgan fingerprint density at radius 1 is 1.36 bits per heavy atom. The second kappa shape index (κ2) is 10.00. The number of halogens is 2. The zero-order valence-electron chi connectivity index (χ0n) is 17.2. The van der Waals surface area contributed by atoms with Crippen molar-refractivity contribution in [2.75, 3.05) is 25.0 Å². The van der Waals surface area contributed by atoms with Crippen LogP contribution in [0.4, 0.5) is 10.1 Å². The summed E-state index contributed by atoms with van der Waals surface area (Å²) >= 11 is 7.00. The van der Waals surface area contributed by atoms with Crippen LogP contribution in [0.2, 0.25) is 4.34 Å². The Kier molecular flexibility index (Phi) is 7.52. The maximum absolute atomic E-state index is 14.7. The molecule has 2 N–H and O–H groups in total. The summed E-state index contributed by atoms with van der Waals surface area (Å²) in [7, 11) is -2.68. The minimum atomic E-state index is -3.95. The number of anilines is 1. The number of hydrogen-bond acceptors (Lipinski definition) is 6. The molecule has 0 spiro atoms. The summed E-state index contributed by atoms with van der Waals surface area (Å²) in [4.78, 5) is 38.3. The van der Waals surface area contributed by atoms with Crippen molar-refractivity contribution in [3.63, 3.8) is 0 Å². The van der Waals surface area contributed by atoms with Crippen molar-refractivity contribution in [2.24, 2.45) is 0 Å². The molecule has 3 rings (SSSR count). The molecular formula is C20H19ClFN3O6S2. The summed E-state index contributed by atoms with van der Waals surface area (Å²) in [5.41, 5.74) is -0.189. The standard InChI is InChI=1S/C20H19ClFN3O6S2/c1-24(11-18(26)27)19(28)12-2-4-16(14(22)10-12)25-8-6-15(20(25)29)23-33(30,31)9-7-13-3-5-17(21)32-13/h2-5,7,9-10,15,23H,6,8,11H2,1H3,(H,26,27). The number of carbonyl (C=O) groups excluding carboxylic acids is 2. The second-order valence-corrected chi connectivity index (χ2v) is 10.5. The lowest BCUT2D eigenvalue weighted by atomic mass is 10.1. The van der Waals surface area contributed by atoms with Crippen LogP contribution in [0.3, 0.4) is 0 Å². The summed E-state index contributed by atoms with van der Waals surface area (Å²) in [6.45, 7) is -0.484. The van der Waals surface area contributed by atoms with Crippen molar-refractivity contribution >= 4 is 62.5 Å². The third kappa shape index (κ3) is 6.16. The van der Waals surface area contributed by atoms with Gasteiger partial charge in [0.2, 0.25) is 15.9 Å². The van der Waals surface area contributed by atoms with Gasteiger partial charge in [-0.05, 0) is 42.8 Å². The lowest BCUT2D eigenvalue weighted by molar-refractivity contribution is -0.137. The molecule has 2 heterocycles. The number of hydrogen-bond donors (Lipinski definition) is 2. The van der Waals surface area contributed by atoms with Gasteiger partial charge in [-0.2, -0.15) is 4.72 Å². The number of sulfonamides is 1. The average molecular weight is 516 g/mol. The van der Waals surface area contributed by atoms with E-state index in [-0.39, 0.29) is 24.2 Å². The molecule has 13 heteroatoms. The largest absolute Gasteiger partial charge is 0.480 e. The zero-order chi connectivity index (χ0) is 24.3. The summed E-state index contributed by atoms with van der Waals surface area (Å²) in [6, 6.07) is 5.62. The third-order valence-electron chi connectivity index (χ3n) is 4.72. The summed E-state index contributed by atoms with van der Waals surface area (Å²) in [6.07, 6.45) is 1.48. The fraction of sp³-hybridized carbons (Fsp3) is 0.250. The Labute approximate surface area is 198 Å². The molecule has 1 unspecified atom stereocenters. The molecule has 1 aromatic carbocycles. The van der Waals surface area contributed by atoms with E-state index in [0.717, 1.165) is 21.3 Å². The van der Waals surface area contributed by atoms with E-state index in [2.05, 4.69) is 4.72 Å². The summed E-state index contributed by atoms with van der Waals surface area (Å²) in [5, 5.41) is 9.71. The highest BCUT2D eigenvalue weighted by Gasteiger charge is 2.36. The molecule has 2 amide bonds. The van der Waals surface area contributed by atoms with Crippen LogP contribution in [0.1, 0.15) is 21.7 Å². The number of carbonyl (C=O) groups is 3. The Morgan fingerprint density at radius 3 is 2.70 bits per heavy atom. The highest BCUT2D eigenvalue weighted by atomic mass is 35.5. The second-order valence-electron chi connectivity index (χ2n) is 7.16. The van der Waals surface area contributed by atoms with Gasteiger partial charge >= 0.3 is 5.97 Å². The first-order valence-electron chi connectivity index (χ1n) is 9.51. The van der Waals surface area contributed by atoms with Gasteiger partial charge in [0.15, 0.2) is 0 Å². The number of benzene rings is 1. The van der Waals surface area contributed by atoms with E-state index in [1.54, 1.807) is 12.1 Å². The number of rotatable bonds is 8. The fourth-order valence-corrected chi connectivity index (χ4v) is 5.26. The van der Waals surface area contributed by atoms with Gasteiger partial charge in [-0.15, -0.1) is 11.3 Å². The van der Waals surface area contributed by atoms with Crippen molar-refractivity contribution in [3.8, 4) is 0 Å². The van der Waals surface area contributed by atoms with Gasteiger partial charge in [0.05, 0.1) is 10.0 Å². The van der Waals surface area contributed by atoms with Crippen LogP contribution in [0.5, 0.6) is 0 Å². The molecule has 1 aromatic heterocycles. The van der Waals surface area contributed by atoms with Gasteiger partial charge in [0.25, 0.3) is 5.91 Å². The fourth-order valence-electron chi connectivity index (χ4n) is 3.19. The molecule has 1 aliphatic rings. The number of nitrogens with zero attached hydrogens (tertiary/aromatic N) is 2. The highest BCUT2D eigenvalue weighted by Crippen LogP contribution is 2.27. The van der Waals surface area contributed by atoms with Gasteiger partial charge in [0.1, 0.15) is 18.4 Å². The van der Waals surface area contributed by atoms with Crippen molar-refractivity contribution in [3.05, 3.63) is 56.3 Å². The minimum absolute atomic E-state index is 0.0688. The molecule has 0 bridgehead atoms. The first-order chi connectivity index (χ1) is 15.5. The molecule has 1 atom stereocenters. The van der Waals surface area contributed by atoms with E-state index >= 15 is 0 Å². The number of thiophene rings is 1. The molecule has 176 valence electrons. The minimum Gasteiger partial charge on any atom is -0.480 e. The molecule has 0 saturated carbocycles. The van der Waals surface area contributed by atoms with Gasteiger partial charge in [-0.3, -0.25) is 14.4 Å². The van der Waals surface area contributed by atoms with Crippen LogP contribution in [0.25, 0.3) is 6.08 Å². The van der Waals surface area contributed by atoms with Crippen LogP contribution in [0, 0.1) is 5.82 Å². The third-order valence-corrected chi connectivity index (χ3v) is 7.03. The molecule has 0 radical (unpaired) electrons. The summed E-state index contributed by atoms with van der Waals surface area (Å²) in [5.74, 6) is -3.41. The van der Waals surface area contributed by atoms with Crippen molar-refractivity contribution in [1.29, 1.82) is 0 Å². The number of amides is 2. The Hall–Kier alpha value is -2.80. The Bertz CT molecular complexity index is 1230. The molecule has 1 fully saturated rings. The monoisotopic (exact) mass is 515 g/mol. The van der Waals surface area contributed by atoms with Gasteiger partial charge in [-0.25, -0.2) is 12.8 Å². The molecule has 1 saturated heterocycles. The Balaban J connectivity index is 1.69. The van der Waals surface area contributed by atoms with Crippen LogP contribution in [-0.2, 0) is 19.6 Å². The van der Waals surface area contributed by atoms with Crippen molar-refractivity contribution in [2.45, 2.75) is 12.5 Å². The lowest BCUT2D eigenvalue weighted by Gasteiger charge is -2.19. The van der Waals surface area contributed by atoms with Crippen molar-refractivity contribution in [1.82, 2.24) is 9.62 Å². The highest BCUT2D eigenvalue weighted by molar-refractivity contribution is 7.92. The molecule has 1 aliphatic heterocycles. The first-order valence-corrected chi connectivity index (χ1v) is 12.2. The average Bonchev–Trinajstić information content (AvgIpc) is 3.31. The van der Waals surface area contributed by atoms with Gasteiger partial charge in [0, 0.05) is 29.4 Å². The van der Waals surface area contributed by atoms with Gasteiger partial charge in [-0.1, -0.05) is 11.6 Å². The quantitative estimate of drug-likeness (QED) is 0.556. The van der Waals surface area contributed by atoms with E-state index in [0.29, 0.717) is 9.21 Å². The maximum Gasteiger partial charge on any atom is 0.323 e. The van der Waals surface area contributed by atoms with Crippen LogP contribution >= 0.6 is 22.9 Å². The first kappa shape index (κ1) is 24.8. The number of likely N-dealkylation sites (N-methyl/N-ethyl adjacent to an activating group) is 1. The number of carboxylic acid groups (broad SMARTS) is 1. The molecule has 9 nitrogen and oxygen atoms in total. The number of carboxylic acids is 1. The molecule has 2 aromatic rings. The SMILES string of the molecule is CN(CC(=O)O)C(=O)c1ccc(N2CCC(NS(=O)(=O)C=Cc3ccc(Cl)s3)C2=O)c(F)c1. The van der Waals surface area contributed by atoms with E-state index < -0.39 is 46.2 Å². The number of aliphatic carboxylic acids is 1. The van der Waals surface area contributed by atoms with Crippen LogP contribution in [0.15, 0.2) is 35.7 Å². The lowest BCUT2D eigenvalue weighted by Crippen LogP contribution is -2.41. The maximum atomic E-state index is 14.7. The predicted octanol–water partition coefficient (Wildman–Crippen LogP) is 2.39. The summed E-state index contributed by atoms with van der Waals surface area (Å²) < 4.78 is 42.1. The predicted molar refractivity (Wildman–Crippen MR) is 122 cm³/mol. The molecule has 33 heavy (non-hydrogen) atoms. The topological polar surface area (TPSA) is 124 Å². The smallest absolute Gasteiger partial charge is 0.323 e.